The monoisotopic (exact) mass is 884 g/mol. The van der Waals surface area contributed by atoms with Crippen LogP contribution < -0.4 is 4.90 Å². The Morgan fingerprint density at radius 2 is 1.03 bits per heavy atom. The minimum absolute atomic E-state index is 0.187. The average molecular weight is 885 g/mol. The lowest BCUT2D eigenvalue weighted by molar-refractivity contribution is 0.660. The summed E-state index contributed by atoms with van der Waals surface area (Å²) >= 11 is 1.92. The molecule has 68 heavy (non-hydrogen) atoms. The number of benzene rings is 11. The summed E-state index contributed by atoms with van der Waals surface area (Å²) in [5.41, 5.74) is 17.1. The third kappa shape index (κ3) is 5.89. The van der Waals surface area contributed by atoms with E-state index < -0.39 is 0 Å². The number of aromatic nitrogens is 1. The highest BCUT2D eigenvalue weighted by molar-refractivity contribution is 7.26. The van der Waals surface area contributed by atoms with Gasteiger partial charge in [-0.25, -0.2) is 0 Å². The van der Waals surface area contributed by atoms with Crippen LogP contribution in [0.15, 0.2) is 231 Å². The molecule has 0 bridgehead atoms. The van der Waals surface area contributed by atoms with Crippen molar-refractivity contribution in [3.63, 3.8) is 0 Å². The third-order valence-electron chi connectivity index (χ3n) is 14.7. The van der Waals surface area contributed by atoms with Gasteiger partial charge in [0.15, 0.2) is 0 Å². The first-order valence-corrected chi connectivity index (χ1v) is 24.4. The van der Waals surface area contributed by atoms with Gasteiger partial charge in [-0.2, -0.15) is 0 Å². The number of hydrogen-bond donors (Lipinski definition) is 0. The van der Waals surface area contributed by atoms with Crippen molar-refractivity contribution in [2.24, 2.45) is 0 Å². The maximum atomic E-state index is 2.47. The van der Waals surface area contributed by atoms with Gasteiger partial charge in [0.25, 0.3) is 0 Å². The van der Waals surface area contributed by atoms with Gasteiger partial charge in [0, 0.05) is 64.5 Å². The number of anilines is 3. The zero-order valence-electron chi connectivity index (χ0n) is 37.7. The van der Waals surface area contributed by atoms with E-state index >= 15 is 0 Å². The normalized spacial score (nSPS) is 13.0. The molecule has 320 valence electrons. The Kier molecular flexibility index (Phi) is 8.53. The largest absolute Gasteiger partial charge is 0.310 e. The smallest absolute Gasteiger partial charge is 0.0633 e. The molecule has 1 aliphatic rings. The lowest BCUT2D eigenvalue weighted by Crippen LogP contribution is -2.16. The highest BCUT2D eigenvalue weighted by Crippen LogP contribution is 2.52. The van der Waals surface area contributed by atoms with E-state index in [1.54, 1.807) is 0 Å². The van der Waals surface area contributed by atoms with Crippen LogP contribution in [0, 0.1) is 0 Å². The fourth-order valence-electron chi connectivity index (χ4n) is 11.4. The third-order valence-corrected chi connectivity index (χ3v) is 15.9. The van der Waals surface area contributed by atoms with Crippen LogP contribution >= 0.6 is 11.3 Å². The predicted molar refractivity (Wildman–Crippen MR) is 292 cm³/mol. The first-order valence-electron chi connectivity index (χ1n) is 23.6. The van der Waals surface area contributed by atoms with Gasteiger partial charge < -0.3 is 9.47 Å². The van der Waals surface area contributed by atoms with E-state index in [0.717, 1.165) is 17.1 Å². The van der Waals surface area contributed by atoms with Gasteiger partial charge in [-0.05, 0) is 133 Å². The van der Waals surface area contributed by atoms with Gasteiger partial charge in [0.2, 0.25) is 0 Å². The molecule has 11 aromatic carbocycles. The van der Waals surface area contributed by atoms with Crippen LogP contribution in [0.4, 0.5) is 17.1 Å². The molecule has 2 nitrogen and oxygen atoms in total. The Morgan fingerprint density at radius 1 is 0.397 bits per heavy atom. The second kappa shape index (κ2) is 14.9. The van der Waals surface area contributed by atoms with E-state index in [1.165, 1.54) is 114 Å². The average Bonchev–Trinajstić information content (AvgIpc) is 4.02. The van der Waals surface area contributed by atoms with Crippen LogP contribution in [-0.2, 0) is 5.41 Å². The Labute approximate surface area is 399 Å². The second-order valence-electron chi connectivity index (χ2n) is 18.9. The van der Waals surface area contributed by atoms with Crippen molar-refractivity contribution in [3.05, 3.63) is 242 Å². The minimum atomic E-state index is -0.187. The molecular formula is C65H44N2S. The Balaban J connectivity index is 0.882. The molecule has 0 spiro atoms. The molecule has 0 radical (unpaired) electrons. The summed E-state index contributed by atoms with van der Waals surface area (Å²) in [5, 5.41) is 10.2. The predicted octanol–water partition coefficient (Wildman–Crippen LogP) is 18.6. The van der Waals surface area contributed by atoms with E-state index in [-0.39, 0.29) is 5.41 Å². The summed E-state index contributed by atoms with van der Waals surface area (Å²) in [6.45, 7) is 4.77. The summed E-state index contributed by atoms with van der Waals surface area (Å²) in [7, 11) is 0. The number of para-hydroxylation sites is 2. The maximum absolute atomic E-state index is 2.47. The van der Waals surface area contributed by atoms with Crippen LogP contribution in [0.3, 0.4) is 0 Å². The summed E-state index contributed by atoms with van der Waals surface area (Å²) in [6, 6.07) is 85.5. The molecule has 0 unspecified atom stereocenters. The molecular weight excluding hydrogens is 841 g/mol. The lowest BCUT2D eigenvalue weighted by Gasteiger charge is -2.28. The number of fused-ring (bicyclic) bond motifs is 13. The fourth-order valence-corrected chi connectivity index (χ4v) is 12.6. The zero-order chi connectivity index (χ0) is 45.1. The molecule has 0 N–H and O–H groups in total. The minimum Gasteiger partial charge on any atom is -0.310 e. The molecule has 14 rings (SSSR count). The van der Waals surface area contributed by atoms with Gasteiger partial charge in [-0.15, -0.1) is 11.3 Å². The molecule has 0 saturated heterocycles. The molecule has 13 aromatic rings. The summed E-state index contributed by atoms with van der Waals surface area (Å²) < 4.78 is 5.12. The highest BCUT2D eigenvalue weighted by atomic mass is 32.1. The Bertz CT molecular complexity index is 4160. The second-order valence-corrected chi connectivity index (χ2v) is 20.0. The molecule has 0 amide bonds. The van der Waals surface area contributed by atoms with Gasteiger partial charge in [0.05, 0.1) is 11.0 Å². The van der Waals surface area contributed by atoms with Gasteiger partial charge in [-0.1, -0.05) is 172 Å². The number of rotatable bonds is 6. The van der Waals surface area contributed by atoms with Crippen molar-refractivity contribution >= 4 is 91.9 Å². The van der Waals surface area contributed by atoms with Crippen LogP contribution in [0.2, 0.25) is 0 Å². The van der Waals surface area contributed by atoms with Crippen molar-refractivity contribution in [3.8, 4) is 39.1 Å². The zero-order valence-corrected chi connectivity index (χ0v) is 38.6. The highest BCUT2D eigenvalue weighted by Gasteiger charge is 2.36. The van der Waals surface area contributed by atoms with Gasteiger partial charge in [0.1, 0.15) is 0 Å². The van der Waals surface area contributed by atoms with Crippen LogP contribution in [0.25, 0.3) is 103 Å². The van der Waals surface area contributed by atoms with E-state index in [1.807, 2.05) is 11.3 Å². The topological polar surface area (TPSA) is 8.17 Å². The number of nitrogens with zero attached hydrogens (tertiary/aromatic N) is 2. The number of hydrogen-bond acceptors (Lipinski definition) is 2. The van der Waals surface area contributed by atoms with E-state index in [4.69, 9.17) is 0 Å². The van der Waals surface area contributed by atoms with Crippen LogP contribution in [0.5, 0.6) is 0 Å². The van der Waals surface area contributed by atoms with Crippen LogP contribution in [0.1, 0.15) is 25.0 Å². The molecule has 0 aliphatic heterocycles. The Morgan fingerprint density at radius 3 is 1.87 bits per heavy atom. The first-order chi connectivity index (χ1) is 33.5. The van der Waals surface area contributed by atoms with Crippen molar-refractivity contribution in [2.75, 3.05) is 4.90 Å². The standard InChI is InChI=1S/C65H44N2S/c1-65(2)58-35-26-46(47-27-36-61-57(39-47)55-33-25-44-24-32-54-53-19-11-12-20-60(53)67(48-17-7-4-8-18-48)63(54)62(44)64(55)68-61)38-56(58)52-34-31-51(40-59(52)65)66(50-30-23-42-15-9-10-16-45(42)37-50)49-28-21-43(22-29-49)41-13-5-3-6-14-41/h3-40H,1-2H3. The lowest BCUT2D eigenvalue weighted by atomic mass is 9.82. The summed E-state index contributed by atoms with van der Waals surface area (Å²) in [6.07, 6.45) is 0. The fraction of sp³-hybridized carbons (Fsp3) is 0.0462. The quantitative estimate of drug-likeness (QED) is 0.162. The summed E-state index contributed by atoms with van der Waals surface area (Å²) in [4.78, 5) is 2.42. The Hall–Kier alpha value is -8.24. The molecule has 0 atom stereocenters. The van der Waals surface area contributed by atoms with Gasteiger partial charge >= 0.3 is 0 Å². The molecule has 2 aromatic heterocycles. The maximum Gasteiger partial charge on any atom is 0.0633 e. The van der Waals surface area contributed by atoms with Crippen molar-refractivity contribution in [2.45, 2.75) is 19.3 Å². The van der Waals surface area contributed by atoms with Crippen molar-refractivity contribution < 1.29 is 0 Å². The van der Waals surface area contributed by atoms with Gasteiger partial charge in [-0.3, -0.25) is 0 Å². The summed E-state index contributed by atoms with van der Waals surface area (Å²) in [5.74, 6) is 0. The van der Waals surface area contributed by atoms with E-state index in [9.17, 15) is 0 Å². The number of thiophene rings is 1. The molecule has 1 aliphatic carbocycles. The SMILES string of the molecule is CC1(C)c2ccc(-c3ccc4sc5c(ccc6ccc7c8ccccc8n(-c8ccccc8)c7c65)c4c3)cc2-c2ccc(N(c3ccc(-c4ccccc4)cc3)c3ccc4ccccc4c3)cc21. The first kappa shape index (κ1) is 39.0. The van der Waals surface area contributed by atoms with E-state index in [2.05, 4.69) is 254 Å². The molecule has 3 heteroatoms. The van der Waals surface area contributed by atoms with Crippen molar-refractivity contribution in [1.29, 1.82) is 0 Å². The molecule has 0 fully saturated rings. The van der Waals surface area contributed by atoms with Crippen molar-refractivity contribution in [1.82, 2.24) is 4.57 Å². The van der Waals surface area contributed by atoms with Crippen LogP contribution in [-0.4, -0.2) is 4.57 Å². The van der Waals surface area contributed by atoms with E-state index in [0.29, 0.717) is 0 Å². The molecule has 0 saturated carbocycles. The molecule has 2 heterocycles.